The van der Waals surface area contributed by atoms with E-state index >= 15 is 0 Å². The summed E-state index contributed by atoms with van der Waals surface area (Å²) >= 11 is 0. The molecule has 1 fully saturated rings. The van der Waals surface area contributed by atoms with Crippen molar-refractivity contribution >= 4 is 29.9 Å². The molecule has 1 aliphatic heterocycles. The largest absolute Gasteiger partial charge is 0.383 e. The number of guanidine groups is 1. The van der Waals surface area contributed by atoms with Crippen LogP contribution in [0.3, 0.4) is 0 Å². The number of rotatable bonds is 7. The Morgan fingerprint density at radius 1 is 1.22 bits per heavy atom. The van der Waals surface area contributed by atoms with Gasteiger partial charge in [-0.3, -0.25) is 14.6 Å². The molecule has 0 bridgehead atoms. The van der Waals surface area contributed by atoms with Crippen LogP contribution in [0.1, 0.15) is 52.5 Å². The first-order valence-electron chi connectivity index (χ1n) is 9.73. The maximum Gasteiger partial charge on any atom is 0.191 e. The average Bonchev–Trinajstić information content (AvgIpc) is 3.06. The maximum absolute atomic E-state index is 10.7. The minimum Gasteiger partial charge on any atom is -0.383 e. The van der Waals surface area contributed by atoms with Crippen molar-refractivity contribution < 1.29 is 5.11 Å². The van der Waals surface area contributed by atoms with E-state index in [-0.39, 0.29) is 29.5 Å². The topological polar surface area (TPSA) is 77.7 Å². The Balaban J connectivity index is 0.00000364. The molecule has 1 aromatic rings. The minimum absolute atomic E-state index is 0. The number of hydrogen-bond acceptors (Lipinski definition) is 4. The van der Waals surface area contributed by atoms with Gasteiger partial charge in [0, 0.05) is 30.9 Å². The van der Waals surface area contributed by atoms with Crippen molar-refractivity contribution in [2.75, 3.05) is 32.7 Å². The number of hydrogen-bond donors (Lipinski definition) is 3. The molecule has 2 heterocycles. The second-order valence-corrected chi connectivity index (χ2v) is 8.09. The fourth-order valence-corrected chi connectivity index (χ4v) is 3.27. The molecule has 0 spiro atoms. The van der Waals surface area contributed by atoms with Crippen molar-refractivity contribution in [2.24, 2.45) is 12.0 Å². The highest BCUT2D eigenvalue weighted by atomic mass is 127. The summed E-state index contributed by atoms with van der Waals surface area (Å²) in [5.74, 6) is 0.738. The van der Waals surface area contributed by atoms with E-state index in [1.165, 1.54) is 19.3 Å². The first kappa shape index (κ1) is 24.2. The van der Waals surface area contributed by atoms with E-state index < -0.39 is 5.60 Å². The van der Waals surface area contributed by atoms with Crippen LogP contribution < -0.4 is 10.6 Å². The lowest BCUT2D eigenvalue weighted by atomic mass is 9.99. The quantitative estimate of drug-likeness (QED) is 0.309. The molecule has 1 atom stereocenters. The van der Waals surface area contributed by atoms with Crippen molar-refractivity contribution in [1.29, 1.82) is 0 Å². The Labute approximate surface area is 181 Å². The molecular formula is C19H37IN6O. The SMILES string of the molecule is CCNC(=NCC(C)(C)N1CCCCC1)NCC(C)(O)c1cnn(C)c1.I. The van der Waals surface area contributed by atoms with E-state index in [0.717, 1.165) is 37.7 Å². The van der Waals surface area contributed by atoms with Gasteiger partial charge in [0.05, 0.1) is 19.3 Å². The zero-order valence-corrected chi connectivity index (χ0v) is 19.8. The van der Waals surface area contributed by atoms with Gasteiger partial charge in [-0.2, -0.15) is 5.10 Å². The summed E-state index contributed by atoms with van der Waals surface area (Å²) in [6, 6.07) is 0. The van der Waals surface area contributed by atoms with E-state index in [9.17, 15) is 5.11 Å². The summed E-state index contributed by atoms with van der Waals surface area (Å²) in [4.78, 5) is 7.32. The van der Waals surface area contributed by atoms with Crippen molar-refractivity contribution in [2.45, 2.75) is 58.1 Å². The van der Waals surface area contributed by atoms with Gasteiger partial charge in [0.1, 0.15) is 5.60 Å². The molecular weight excluding hydrogens is 455 g/mol. The molecule has 0 aromatic carbocycles. The molecule has 0 saturated carbocycles. The van der Waals surface area contributed by atoms with Gasteiger partial charge in [-0.1, -0.05) is 6.42 Å². The van der Waals surface area contributed by atoms with Gasteiger partial charge < -0.3 is 15.7 Å². The molecule has 7 nitrogen and oxygen atoms in total. The number of nitrogens with one attached hydrogen (secondary N) is 2. The number of halogens is 1. The standard InChI is InChI=1S/C19H36N6O.HI/c1-6-20-17(21-14-18(2,3)25-10-8-7-9-11-25)22-15-19(4,26)16-12-23-24(5)13-16;/h12-13,26H,6-11,14-15H2,1-5H3,(H2,20,21,22);1H. The molecule has 1 aliphatic rings. The third kappa shape index (κ3) is 7.23. The van der Waals surface area contributed by atoms with E-state index in [4.69, 9.17) is 4.99 Å². The number of nitrogens with zero attached hydrogens (tertiary/aromatic N) is 4. The molecule has 1 aromatic heterocycles. The Morgan fingerprint density at radius 2 is 1.89 bits per heavy atom. The van der Waals surface area contributed by atoms with Crippen molar-refractivity contribution in [1.82, 2.24) is 25.3 Å². The van der Waals surface area contributed by atoms with Gasteiger partial charge >= 0.3 is 0 Å². The Hall–Kier alpha value is -0.870. The van der Waals surface area contributed by atoms with Crippen LogP contribution in [0.5, 0.6) is 0 Å². The highest BCUT2D eigenvalue weighted by molar-refractivity contribution is 14.0. The molecule has 8 heteroatoms. The first-order valence-corrected chi connectivity index (χ1v) is 9.73. The number of piperidine rings is 1. The van der Waals surface area contributed by atoms with Crippen molar-refractivity contribution in [3.05, 3.63) is 18.0 Å². The second-order valence-electron chi connectivity index (χ2n) is 8.09. The second kappa shape index (κ2) is 10.6. The molecule has 0 aliphatic carbocycles. The van der Waals surface area contributed by atoms with Crippen LogP contribution in [0.25, 0.3) is 0 Å². The molecule has 3 N–H and O–H groups in total. The van der Waals surface area contributed by atoms with Gasteiger partial charge in [-0.15, -0.1) is 24.0 Å². The van der Waals surface area contributed by atoms with Crippen LogP contribution in [0.4, 0.5) is 0 Å². The summed E-state index contributed by atoms with van der Waals surface area (Å²) in [7, 11) is 1.85. The van der Waals surface area contributed by atoms with Crippen LogP contribution in [-0.4, -0.2) is 64.0 Å². The monoisotopic (exact) mass is 492 g/mol. The van der Waals surface area contributed by atoms with Gasteiger partial charge in [0.2, 0.25) is 0 Å². The smallest absolute Gasteiger partial charge is 0.191 e. The summed E-state index contributed by atoms with van der Waals surface area (Å²) < 4.78 is 1.70. The number of aliphatic imine (C=N–C) groups is 1. The molecule has 1 unspecified atom stereocenters. The van der Waals surface area contributed by atoms with Gasteiger partial charge in [-0.05, 0) is 53.6 Å². The highest BCUT2D eigenvalue weighted by Crippen LogP contribution is 2.21. The van der Waals surface area contributed by atoms with E-state index in [1.54, 1.807) is 17.8 Å². The molecule has 2 rings (SSSR count). The van der Waals surface area contributed by atoms with Crippen LogP contribution in [0, 0.1) is 0 Å². The van der Waals surface area contributed by atoms with Crippen molar-refractivity contribution in [3.8, 4) is 0 Å². The van der Waals surface area contributed by atoms with Crippen molar-refractivity contribution in [3.63, 3.8) is 0 Å². The summed E-state index contributed by atoms with van der Waals surface area (Å²) in [6.45, 7) is 12.5. The van der Waals surface area contributed by atoms with Crippen LogP contribution in [0.15, 0.2) is 17.4 Å². The van der Waals surface area contributed by atoms with Crippen LogP contribution in [0.2, 0.25) is 0 Å². The third-order valence-corrected chi connectivity index (χ3v) is 5.11. The fraction of sp³-hybridized carbons (Fsp3) is 0.789. The normalized spacial score (nSPS) is 18.5. The van der Waals surface area contributed by atoms with Gasteiger partial charge in [0.15, 0.2) is 5.96 Å². The highest BCUT2D eigenvalue weighted by Gasteiger charge is 2.28. The maximum atomic E-state index is 10.7. The Kier molecular flexibility index (Phi) is 9.50. The van der Waals surface area contributed by atoms with Gasteiger partial charge in [0.25, 0.3) is 0 Å². The van der Waals surface area contributed by atoms with E-state index in [1.807, 2.05) is 20.2 Å². The summed E-state index contributed by atoms with van der Waals surface area (Å²) in [5, 5.41) is 21.4. The zero-order valence-electron chi connectivity index (χ0n) is 17.5. The Morgan fingerprint density at radius 3 is 2.44 bits per heavy atom. The third-order valence-electron chi connectivity index (χ3n) is 5.11. The zero-order chi connectivity index (χ0) is 19.2. The number of aromatic nitrogens is 2. The van der Waals surface area contributed by atoms with Crippen LogP contribution >= 0.6 is 24.0 Å². The molecule has 0 amide bonds. The lowest BCUT2D eigenvalue weighted by Crippen LogP contribution is -2.50. The first-order chi connectivity index (χ1) is 12.2. The molecule has 0 radical (unpaired) electrons. The molecule has 1 saturated heterocycles. The molecule has 27 heavy (non-hydrogen) atoms. The summed E-state index contributed by atoms with van der Waals surface area (Å²) in [6.07, 6.45) is 7.43. The fourth-order valence-electron chi connectivity index (χ4n) is 3.27. The predicted molar refractivity (Wildman–Crippen MR) is 122 cm³/mol. The Bertz CT molecular complexity index is 593. The molecule has 156 valence electrons. The van der Waals surface area contributed by atoms with E-state index in [2.05, 4.69) is 34.5 Å². The van der Waals surface area contributed by atoms with Crippen LogP contribution in [-0.2, 0) is 12.6 Å². The number of likely N-dealkylation sites (tertiary alicyclic amines) is 1. The lowest BCUT2D eigenvalue weighted by Gasteiger charge is -2.40. The summed E-state index contributed by atoms with van der Waals surface area (Å²) in [5.41, 5.74) is -0.182. The van der Waals surface area contributed by atoms with Gasteiger partial charge in [-0.25, -0.2) is 0 Å². The number of aliphatic hydroxyl groups is 1. The minimum atomic E-state index is -1.01. The predicted octanol–water partition coefficient (Wildman–Crippen LogP) is 2.07. The lowest BCUT2D eigenvalue weighted by molar-refractivity contribution is 0.0615. The van der Waals surface area contributed by atoms with E-state index in [0.29, 0.717) is 6.54 Å². The number of aryl methyl sites for hydroxylation is 1. The average molecular weight is 492 g/mol.